The van der Waals surface area contributed by atoms with Gasteiger partial charge in [0.15, 0.2) is 0 Å². The first-order valence-corrected chi connectivity index (χ1v) is 13.9. The Kier molecular flexibility index (Phi) is 20.5. The fourth-order valence-electron chi connectivity index (χ4n) is 3.97. The smallest absolute Gasteiger partial charge is 0.245 e. The Morgan fingerprint density at radius 2 is 1.24 bits per heavy atom. The molecule has 0 saturated heterocycles. The number of nitrogens with one attached hydrogen (secondary N) is 3. The third kappa shape index (κ3) is 16.3. The molecule has 0 aromatic heterocycles. The predicted molar refractivity (Wildman–Crippen MR) is 145 cm³/mol. The van der Waals surface area contributed by atoms with Gasteiger partial charge in [-0.2, -0.15) is 0 Å². The second-order valence-electron chi connectivity index (χ2n) is 9.79. The van der Waals surface area contributed by atoms with Crippen molar-refractivity contribution in [2.45, 2.75) is 115 Å². The van der Waals surface area contributed by atoms with Crippen molar-refractivity contribution in [3.63, 3.8) is 0 Å². The van der Waals surface area contributed by atoms with Crippen LogP contribution < -0.4 is 33.2 Å². The number of aliphatic hydroxyl groups is 1. The fourth-order valence-corrected chi connectivity index (χ4v) is 3.97. The molecule has 0 aliphatic carbocycles. The molecule has 0 fully saturated rings. The molecule has 1 unspecified atom stereocenters. The summed E-state index contributed by atoms with van der Waals surface area (Å²) in [5.41, 5.74) is 16.5. The summed E-state index contributed by atoms with van der Waals surface area (Å²) in [6, 6.07) is -3.01. The molecule has 0 bridgehead atoms. The molecular formula is C26H52N6O5. The van der Waals surface area contributed by atoms with Crippen LogP contribution in [0.3, 0.4) is 0 Å². The predicted octanol–water partition coefficient (Wildman–Crippen LogP) is 0.563. The Morgan fingerprint density at radius 1 is 0.730 bits per heavy atom. The number of primary amides is 1. The number of aliphatic hydroxyl groups excluding tert-OH is 1. The number of carbonyl (C=O) groups excluding carboxylic acids is 4. The van der Waals surface area contributed by atoms with Gasteiger partial charge in [0.25, 0.3) is 0 Å². The third-order valence-corrected chi connectivity index (χ3v) is 6.59. The van der Waals surface area contributed by atoms with E-state index in [2.05, 4.69) is 16.0 Å². The monoisotopic (exact) mass is 528 g/mol. The number of hydrogen-bond acceptors (Lipinski definition) is 7. The second-order valence-corrected chi connectivity index (χ2v) is 9.79. The number of carbonyl (C=O) groups is 4. The van der Waals surface area contributed by atoms with Crippen LogP contribution in [0.2, 0.25) is 0 Å². The summed E-state index contributed by atoms with van der Waals surface area (Å²) in [7, 11) is 0. The normalized spacial score (nSPS) is 14.3. The second kappa shape index (κ2) is 21.8. The van der Waals surface area contributed by atoms with Gasteiger partial charge in [0, 0.05) is 6.42 Å². The molecule has 0 spiro atoms. The van der Waals surface area contributed by atoms with Crippen molar-refractivity contribution in [1.29, 1.82) is 0 Å². The van der Waals surface area contributed by atoms with Gasteiger partial charge in [0.2, 0.25) is 23.6 Å². The number of amides is 4. The minimum Gasteiger partial charge on any atom is -0.394 e. The Labute approximate surface area is 222 Å². The van der Waals surface area contributed by atoms with Crippen LogP contribution in [0.4, 0.5) is 0 Å². The maximum atomic E-state index is 12.9. The molecule has 216 valence electrons. The van der Waals surface area contributed by atoms with Gasteiger partial charge in [0.05, 0.1) is 6.61 Å². The number of rotatable bonds is 23. The summed E-state index contributed by atoms with van der Waals surface area (Å²) >= 11 is 0. The number of unbranched alkanes of at least 4 members (excludes halogenated alkanes) is 8. The van der Waals surface area contributed by atoms with Gasteiger partial charge in [-0.05, 0) is 51.1 Å². The van der Waals surface area contributed by atoms with Crippen LogP contribution in [0.15, 0.2) is 0 Å². The Hall–Kier alpha value is -2.24. The largest absolute Gasteiger partial charge is 0.394 e. The summed E-state index contributed by atoms with van der Waals surface area (Å²) < 4.78 is 0. The molecule has 0 saturated carbocycles. The average molecular weight is 529 g/mol. The summed E-state index contributed by atoms with van der Waals surface area (Å²) in [5, 5.41) is 17.5. The van der Waals surface area contributed by atoms with Crippen molar-refractivity contribution in [2.75, 3.05) is 19.7 Å². The summed E-state index contributed by atoms with van der Waals surface area (Å²) in [4.78, 5) is 49.9. The van der Waals surface area contributed by atoms with Crippen molar-refractivity contribution < 1.29 is 24.3 Å². The third-order valence-electron chi connectivity index (χ3n) is 6.59. The van der Waals surface area contributed by atoms with Gasteiger partial charge in [-0.25, -0.2) is 0 Å². The van der Waals surface area contributed by atoms with Crippen LogP contribution in [0.25, 0.3) is 0 Å². The lowest BCUT2D eigenvalue weighted by molar-refractivity contribution is -0.134. The minimum atomic E-state index is -1.18. The molecule has 0 aromatic rings. The zero-order valence-electron chi connectivity index (χ0n) is 22.9. The zero-order valence-corrected chi connectivity index (χ0v) is 22.9. The molecule has 4 amide bonds. The van der Waals surface area contributed by atoms with E-state index in [0.29, 0.717) is 38.6 Å². The molecule has 0 rings (SSSR count). The van der Waals surface area contributed by atoms with Gasteiger partial charge < -0.3 is 38.3 Å². The summed E-state index contributed by atoms with van der Waals surface area (Å²) in [6.07, 6.45) is 10.7. The van der Waals surface area contributed by atoms with Crippen molar-refractivity contribution in [3.8, 4) is 0 Å². The number of nitrogens with two attached hydrogens (primary N) is 3. The zero-order chi connectivity index (χ0) is 28.1. The fraction of sp³-hybridized carbons (Fsp3) is 0.846. The highest BCUT2D eigenvalue weighted by Gasteiger charge is 2.30. The van der Waals surface area contributed by atoms with E-state index in [1.54, 1.807) is 6.92 Å². The topological polar surface area (TPSA) is 203 Å². The first kappa shape index (κ1) is 34.8. The van der Waals surface area contributed by atoms with Gasteiger partial charge in [-0.15, -0.1) is 0 Å². The molecule has 0 radical (unpaired) electrons. The quantitative estimate of drug-likeness (QED) is 0.0938. The Morgan fingerprint density at radius 3 is 1.76 bits per heavy atom. The molecule has 0 aliphatic heterocycles. The van der Waals surface area contributed by atoms with E-state index in [1.807, 2.05) is 6.92 Å². The molecule has 11 nitrogen and oxygen atoms in total. The highest BCUT2D eigenvalue weighted by atomic mass is 16.3. The molecular weight excluding hydrogens is 476 g/mol. The van der Waals surface area contributed by atoms with Gasteiger partial charge in [-0.3, -0.25) is 19.2 Å². The van der Waals surface area contributed by atoms with Crippen LogP contribution in [0, 0.1) is 5.92 Å². The summed E-state index contributed by atoms with van der Waals surface area (Å²) in [5.74, 6) is -2.36. The van der Waals surface area contributed by atoms with Crippen molar-refractivity contribution in [2.24, 2.45) is 23.1 Å². The minimum absolute atomic E-state index is 0.178. The van der Waals surface area contributed by atoms with Gasteiger partial charge in [0.1, 0.15) is 18.1 Å². The van der Waals surface area contributed by atoms with E-state index in [1.165, 1.54) is 6.42 Å². The SMILES string of the molecule is CCC(C)[C@H](NC(=O)[C@H](CCCCN)NC(=O)[C@H](CO)NC(=O)CCCCCCCCCCN)C(N)=O. The molecule has 37 heavy (non-hydrogen) atoms. The van der Waals surface area contributed by atoms with Crippen molar-refractivity contribution in [1.82, 2.24) is 16.0 Å². The molecule has 10 N–H and O–H groups in total. The van der Waals surface area contributed by atoms with Crippen molar-refractivity contribution >= 4 is 23.6 Å². The lowest BCUT2D eigenvalue weighted by Gasteiger charge is -2.26. The standard InChI is InChI=1S/C26H52N6O5/c1-3-19(2)23(24(29)35)32-25(36)20(14-11-13-17-28)31-26(37)21(18-33)30-22(34)15-10-8-6-4-5-7-9-12-16-27/h19-21,23,33H,3-18,27-28H2,1-2H3,(H2,29,35)(H,30,34)(H,31,37)(H,32,36)/t19?,20-,21-,23-/m0/s1. The lowest BCUT2D eigenvalue weighted by atomic mass is 9.97. The number of hydrogen-bond donors (Lipinski definition) is 7. The van der Waals surface area contributed by atoms with Crippen molar-refractivity contribution in [3.05, 3.63) is 0 Å². The van der Waals surface area contributed by atoms with E-state index < -0.39 is 42.5 Å². The molecule has 0 aromatic carbocycles. The van der Waals surface area contributed by atoms with Crippen LogP contribution >= 0.6 is 0 Å². The van der Waals surface area contributed by atoms with E-state index >= 15 is 0 Å². The highest BCUT2D eigenvalue weighted by Crippen LogP contribution is 2.11. The van der Waals surface area contributed by atoms with E-state index in [9.17, 15) is 24.3 Å². The van der Waals surface area contributed by atoms with E-state index in [0.717, 1.165) is 45.1 Å². The molecule has 0 heterocycles. The van der Waals surface area contributed by atoms with E-state index in [4.69, 9.17) is 17.2 Å². The highest BCUT2D eigenvalue weighted by molar-refractivity contribution is 5.94. The first-order valence-electron chi connectivity index (χ1n) is 13.9. The van der Waals surface area contributed by atoms with Crippen LogP contribution in [-0.2, 0) is 19.2 Å². The van der Waals surface area contributed by atoms with Gasteiger partial charge in [-0.1, -0.05) is 58.8 Å². The average Bonchev–Trinajstić information content (AvgIpc) is 2.87. The summed E-state index contributed by atoms with van der Waals surface area (Å²) in [6.45, 7) is 4.25. The maximum Gasteiger partial charge on any atom is 0.245 e. The van der Waals surface area contributed by atoms with Crippen LogP contribution in [-0.4, -0.2) is 66.6 Å². The maximum absolute atomic E-state index is 12.9. The Balaban J connectivity index is 4.79. The van der Waals surface area contributed by atoms with E-state index in [-0.39, 0.29) is 18.2 Å². The Bertz CT molecular complexity index is 663. The molecule has 0 aliphatic rings. The molecule has 4 atom stereocenters. The molecule has 11 heteroatoms. The van der Waals surface area contributed by atoms with Crippen LogP contribution in [0.5, 0.6) is 0 Å². The van der Waals surface area contributed by atoms with Crippen LogP contribution in [0.1, 0.15) is 97.3 Å². The van der Waals surface area contributed by atoms with Gasteiger partial charge >= 0.3 is 0 Å². The first-order chi connectivity index (χ1) is 17.7. The lowest BCUT2D eigenvalue weighted by Crippen LogP contribution is -2.58.